The predicted molar refractivity (Wildman–Crippen MR) is 93.1 cm³/mol. The molecule has 0 spiro atoms. The molecular formula is C20H18N2. The van der Waals surface area contributed by atoms with E-state index < -0.39 is 0 Å². The van der Waals surface area contributed by atoms with Crippen molar-refractivity contribution in [3.05, 3.63) is 66.2 Å². The van der Waals surface area contributed by atoms with E-state index >= 15 is 0 Å². The van der Waals surface area contributed by atoms with Gasteiger partial charge in [-0.1, -0.05) is 42.0 Å². The number of aryl methyl sites for hydroxylation is 2. The van der Waals surface area contributed by atoms with Gasteiger partial charge in [-0.15, -0.1) is 0 Å². The number of hydrogen-bond donors (Lipinski definition) is 0. The molecule has 2 heterocycles. The van der Waals surface area contributed by atoms with Crippen LogP contribution in [0.15, 0.2) is 60.7 Å². The molecule has 0 N–H and O–H groups in total. The van der Waals surface area contributed by atoms with Gasteiger partial charge in [0.2, 0.25) is 0 Å². The van der Waals surface area contributed by atoms with Gasteiger partial charge < -0.3 is 4.57 Å². The fourth-order valence-electron chi connectivity index (χ4n) is 3.20. The van der Waals surface area contributed by atoms with Crippen molar-refractivity contribution in [3.63, 3.8) is 0 Å². The lowest BCUT2D eigenvalue weighted by Gasteiger charge is -2.05. The summed E-state index contributed by atoms with van der Waals surface area (Å²) >= 11 is 0. The van der Waals surface area contributed by atoms with E-state index in [1.165, 1.54) is 27.4 Å². The van der Waals surface area contributed by atoms with Gasteiger partial charge in [-0.25, -0.2) is 4.98 Å². The van der Waals surface area contributed by atoms with Crippen LogP contribution in [0, 0.1) is 6.92 Å². The quantitative estimate of drug-likeness (QED) is 0.496. The summed E-state index contributed by atoms with van der Waals surface area (Å²) in [6.45, 7) is 5.21. The van der Waals surface area contributed by atoms with Gasteiger partial charge in [-0.05, 0) is 38.1 Å². The lowest BCUT2D eigenvalue weighted by molar-refractivity contribution is 0.817. The molecule has 0 aliphatic carbocycles. The minimum Gasteiger partial charge on any atom is -0.326 e. The van der Waals surface area contributed by atoms with Crippen molar-refractivity contribution >= 4 is 21.9 Å². The second kappa shape index (κ2) is 4.99. The third kappa shape index (κ3) is 1.92. The molecular weight excluding hydrogens is 268 g/mol. The summed E-state index contributed by atoms with van der Waals surface area (Å²) in [6, 6.07) is 21.4. The number of pyridine rings is 1. The SMILES string of the molecule is CCn1c2ccccc2c2ccc(-c3cccc(C)c3)nc21. The minimum absolute atomic E-state index is 0.925. The zero-order valence-corrected chi connectivity index (χ0v) is 12.9. The van der Waals surface area contributed by atoms with Crippen LogP contribution in [0.5, 0.6) is 0 Å². The highest BCUT2D eigenvalue weighted by Crippen LogP contribution is 2.30. The molecule has 2 aromatic carbocycles. The lowest BCUT2D eigenvalue weighted by atomic mass is 10.1. The Labute approximate surface area is 130 Å². The molecule has 2 aromatic heterocycles. The summed E-state index contributed by atoms with van der Waals surface area (Å²) in [5.74, 6) is 0. The Morgan fingerprint density at radius 3 is 2.59 bits per heavy atom. The monoisotopic (exact) mass is 286 g/mol. The average molecular weight is 286 g/mol. The van der Waals surface area contributed by atoms with E-state index in [9.17, 15) is 0 Å². The first-order chi connectivity index (χ1) is 10.8. The van der Waals surface area contributed by atoms with Gasteiger partial charge in [0.25, 0.3) is 0 Å². The molecule has 0 amide bonds. The smallest absolute Gasteiger partial charge is 0.141 e. The first-order valence-electron chi connectivity index (χ1n) is 7.73. The number of para-hydroxylation sites is 1. The van der Waals surface area contributed by atoms with Crippen LogP contribution in [0.4, 0.5) is 0 Å². The Bertz CT molecular complexity index is 980. The highest BCUT2D eigenvalue weighted by atomic mass is 15.0. The van der Waals surface area contributed by atoms with Gasteiger partial charge in [0, 0.05) is 22.9 Å². The third-order valence-corrected chi connectivity index (χ3v) is 4.25. The summed E-state index contributed by atoms with van der Waals surface area (Å²) in [4.78, 5) is 4.96. The second-order valence-corrected chi connectivity index (χ2v) is 5.70. The maximum absolute atomic E-state index is 4.96. The fourth-order valence-corrected chi connectivity index (χ4v) is 3.20. The summed E-state index contributed by atoms with van der Waals surface area (Å²) in [7, 11) is 0. The first-order valence-corrected chi connectivity index (χ1v) is 7.73. The predicted octanol–water partition coefficient (Wildman–Crippen LogP) is 5.18. The molecule has 0 unspecified atom stereocenters. The number of fused-ring (bicyclic) bond motifs is 3. The minimum atomic E-state index is 0.925. The third-order valence-electron chi connectivity index (χ3n) is 4.25. The van der Waals surface area contributed by atoms with Crippen molar-refractivity contribution in [1.29, 1.82) is 0 Å². The van der Waals surface area contributed by atoms with Gasteiger partial charge >= 0.3 is 0 Å². The zero-order chi connectivity index (χ0) is 15.1. The van der Waals surface area contributed by atoms with Crippen molar-refractivity contribution in [2.24, 2.45) is 0 Å². The summed E-state index contributed by atoms with van der Waals surface area (Å²) < 4.78 is 2.30. The number of benzene rings is 2. The van der Waals surface area contributed by atoms with Crippen molar-refractivity contribution in [2.75, 3.05) is 0 Å². The van der Waals surface area contributed by atoms with E-state index in [4.69, 9.17) is 4.98 Å². The van der Waals surface area contributed by atoms with Gasteiger partial charge in [0.05, 0.1) is 11.2 Å². The van der Waals surface area contributed by atoms with Gasteiger partial charge in [-0.3, -0.25) is 0 Å². The Kier molecular flexibility index (Phi) is 2.97. The highest BCUT2D eigenvalue weighted by molar-refractivity contribution is 6.07. The van der Waals surface area contributed by atoms with Crippen LogP contribution in [0.3, 0.4) is 0 Å². The molecule has 4 aromatic rings. The second-order valence-electron chi connectivity index (χ2n) is 5.70. The largest absolute Gasteiger partial charge is 0.326 e. The van der Waals surface area contributed by atoms with Crippen molar-refractivity contribution in [3.8, 4) is 11.3 Å². The van der Waals surface area contributed by atoms with E-state index in [0.717, 1.165) is 17.9 Å². The van der Waals surface area contributed by atoms with Crippen LogP contribution in [0.1, 0.15) is 12.5 Å². The van der Waals surface area contributed by atoms with Crippen LogP contribution in [-0.2, 0) is 6.54 Å². The molecule has 0 saturated carbocycles. The molecule has 2 heteroatoms. The van der Waals surface area contributed by atoms with E-state index in [-0.39, 0.29) is 0 Å². The fraction of sp³-hybridized carbons (Fsp3) is 0.150. The molecule has 0 aliphatic heterocycles. The standard InChI is InChI=1S/C20H18N2/c1-3-22-19-10-5-4-9-16(19)17-11-12-18(21-20(17)22)15-8-6-7-14(2)13-15/h4-13H,3H2,1-2H3. The first kappa shape index (κ1) is 13.1. The van der Waals surface area contributed by atoms with Crippen LogP contribution in [-0.4, -0.2) is 9.55 Å². The highest BCUT2D eigenvalue weighted by Gasteiger charge is 2.11. The van der Waals surface area contributed by atoms with Crippen molar-refractivity contribution in [2.45, 2.75) is 20.4 Å². The van der Waals surface area contributed by atoms with Crippen LogP contribution in [0.2, 0.25) is 0 Å². The molecule has 0 bridgehead atoms. The number of rotatable bonds is 2. The molecule has 22 heavy (non-hydrogen) atoms. The van der Waals surface area contributed by atoms with E-state index in [1.54, 1.807) is 0 Å². The molecule has 2 nitrogen and oxygen atoms in total. The Hall–Kier alpha value is -2.61. The van der Waals surface area contributed by atoms with Gasteiger partial charge in [0.1, 0.15) is 5.65 Å². The number of aromatic nitrogens is 2. The summed E-state index contributed by atoms with van der Waals surface area (Å²) in [5, 5.41) is 2.51. The number of hydrogen-bond acceptors (Lipinski definition) is 1. The van der Waals surface area contributed by atoms with Gasteiger partial charge in [0.15, 0.2) is 0 Å². The van der Waals surface area contributed by atoms with Crippen LogP contribution >= 0.6 is 0 Å². The zero-order valence-electron chi connectivity index (χ0n) is 12.9. The van der Waals surface area contributed by atoms with E-state index in [0.29, 0.717) is 0 Å². The Morgan fingerprint density at radius 2 is 1.77 bits per heavy atom. The Morgan fingerprint density at radius 1 is 0.909 bits per heavy atom. The topological polar surface area (TPSA) is 17.8 Å². The maximum Gasteiger partial charge on any atom is 0.141 e. The lowest BCUT2D eigenvalue weighted by Crippen LogP contribution is -1.96. The molecule has 0 fully saturated rings. The van der Waals surface area contributed by atoms with Crippen LogP contribution in [0.25, 0.3) is 33.2 Å². The molecule has 4 rings (SSSR count). The van der Waals surface area contributed by atoms with E-state index in [1.807, 2.05) is 0 Å². The normalized spacial score (nSPS) is 11.4. The molecule has 108 valence electrons. The molecule has 0 aliphatic rings. The van der Waals surface area contributed by atoms with E-state index in [2.05, 4.69) is 79.1 Å². The summed E-state index contributed by atoms with van der Waals surface area (Å²) in [5.41, 5.74) is 5.80. The van der Waals surface area contributed by atoms with Crippen molar-refractivity contribution < 1.29 is 0 Å². The molecule has 0 radical (unpaired) electrons. The average Bonchev–Trinajstić information content (AvgIpc) is 2.87. The van der Waals surface area contributed by atoms with Gasteiger partial charge in [-0.2, -0.15) is 0 Å². The van der Waals surface area contributed by atoms with Crippen molar-refractivity contribution in [1.82, 2.24) is 9.55 Å². The molecule has 0 atom stereocenters. The Balaban J connectivity index is 2.03. The maximum atomic E-state index is 4.96. The summed E-state index contributed by atoms with van der Waals surface area (Å²) in [6.07, 6.45) is 0. The number of nitrogens with zero attached hydrogens (tertiary/aromatic N) is 2. The molecule has 0 saturated heterocycles. The van der Waals surface area contributed by atoms with Crippen LogP contribution < -0.4 is 0 Å².